The number of ether oxygens (including phenoxy) is 1. The number of carbonyl (C=O) groups excluding carboxylic acids is 1. The molecule has 0 saturated heterocycles. The van der Waals surface area contributed by atoms with E-state index in [0.29, 0.717) is 23.3 Å². The molecule has 0 amide bonds. The Labute approximate surface area is 108 Å². The van der Waals surface area contributed by atoms with Crippen LogP contribution in [-0.4, -0.2) is 27.3 Å². The maximum absolute atomic E-state index is 10.7. The quantitative estimate of drug-likeness (QED) is 0.844. The molecule has 0 saturated carbocycles. The average molecular weight is 258 g/mol. The van der Waals surface area contributed by atoms with E-state index < -0.39 is 5.97 Å². The van der Waals surface area contributed by atoms with E-state index in [1.54, 1.807) is 6.92 Å². The maximum Gasteiger partial charge on any atom is 0.335 e. The van der Waals surface area contributed by atoms with Crippen LogP contribution in [0.3, 0.4) is 0 Å². The number of benzene rings is 1. The molecule has 6 heteroatoms. The molecule has 1 N–H and O–H groups in total. The number of aromatic carboxylic acids is 1. The molecule has 0 atom stereocenters. The Bertz CT molecular complexity index is 623. The van der Waals surface area contributed by atoms with Crippen LogP contribution in [0, 0.1) is 6.92 Å². The summed E-state index contributed by atoms with van der Waals surface area (Å²) in [6.45, 7) is 1.67. The fraction of sp³-hybridized carbons (Fsp3) is 0.0769. The molecular weight excluding hydrogens is 248 g/mol. The third-order valence-electron chi connectivity index (χ3n) is 2.43. The number of nitrogens with zero attached hydrogens (tertiary/aromatic N) is 2. The molecule has 1 aromatic carbocycles. The van der Waals surface area contributed by atoms with E-state index in [0.717, 1.165) is 0 Å². The third kappa shape index (κ3) is 2.92. The van der Waals surface area contributed by atoms with Gasteiger partial charge in [0.25, 0.3) is 0 Å². The molecule has 19 heavy (non-hydrogen) atoms. The summed E-state index contributed by atoms with van der Waals surface area (Å²) in [6, 6.07) is 5.96. The predicted molar refractivity (Wildman–Crippen MR) is 65.6 cm³/mol. The van der Waals surface area contributed by atoms with Crippen LogP contribution in [0.5, 0.6) is 11.8 Å². The number of aldehydes is 1. The SMILES string of the molecule is Cc1nc(Oc2ccc(C(=O)O)cc2)ncc1C=O. The van der Waals surface area contributed by atoms with Crippen LogP contribution < -0.4 is 4.74 Å². The highest BCUT2D eigenvalue weighted by molar-refractivity contribution is 5.87. The van der Waals surface area contributed by atoms with Gasteiger partial charge in [0.1, 0.15) is 5.75 Å². The van der Waals surface area contributed by atoms with Crippen molar-refractivity contribution >= 4 is 12.3 Å². The number of carboxylic acids is 1. The number of rotatable bonds is 4. The third-order valence-corrected chi connectivity index (χ3v) is 2.43. The highest BCUT2D eigenvalue weighted by Crippen LogP contribution is 2.18. The first kappa shape index (κ1) is 12.7. The Morgan fingerprint density at radius 3 is 2.53 bits per heavy atom. The molecular formula is C13H10N2O4. The van der Waals surface area contributed by atoms with E-state index in [1.807, 2.05) is 0 Å². The lowest BCUT2D eigenvalue weighted by Gasteiger charge is -2.05. The fourth-order valence-electron chi connectivity index (χ4n) is 1.39. The van der Waals surface area contributed by atoms with Gasteiger partial charge >= 0.3 is 12.0 Å². The Balaban J connectivity index is 2.19. The molecule has 96 valence electrons. The van der Waals surface area contributed by atoms with Crippen LogP contribution in [0.25, 0.3) is 0 Å². The first-order valence-corrected chi connectivity index (χ1v) is 5.40. The van der Waals surface area contributed by atoms with Gasteiger partial charge in [-0.3, -0.25) is 4.79 Å². The molecule has 0 fully saturated rings. The van der Waals surface area contributed by atoms with Crippen LogP contribution >= 0.6 is 0 Å². The summed E-state index contributed by atoms with van der Waals surface area (Å²) in [5, 5.41) is 8.76. The van der Waals surface area contributed by atoms with Gasteiger partial charge in [0, 0.05) is 6.20 Å². The van der Waals surface area contributed by atoms with E-state index in [4.69, 9.17) is 9.84 Å². The summed E-state index contributed by atoms with van der Waals surface area (Å²) in [6.07, 6.45) is 2.04. The van der Waals surface area contributed by atoms with E-state index >= 15 is 0 Å². The molecule has 0 spiro atoms. The van der Waals surface area contributed by atoms with Crippen molar-refractivity contribution in [1.82, 2.24) is 9.97 Å². The van der Waals surface area contributed by atoms with Crippen molar-refractivity contribution in [1.29, 1.82) is 0 Å². The number of hydrogen-bond acceptors (Lipinski definition) is 5. The normalized spacial score (nSPS) is 9.95. The minimum atomic E-state index is -1.01. The van der Waals surface area contributed by atoms with Gasteiger partial charge in [-0.05, 0) is 31.2 Å². The average Bonchev–Trinajstić information content (AvgIpc) is 2.39. The van der Waals surface area contributed by atoms with Crippen molar-refractivity contribution in [3.63, 3.8) is 0 Å². The van der Waals surface area contributed by atoms with Crippen molar-refractivity contribution in [2.24, 2.45) is 0 Å². The van der Waals surface area contributed by atoms with Crippen LogP contribution in [0.1, 0.15) is 26.4 Å². The summed E-state index contributed by atoms with van der Waals surface area (Å²) in [5.74, 6) is -0.586. The van der Waals surface area contributed by atoms with E-state index in [-0.39, 0.29) is 11.6 Å². The minimum absolute atomic E-state index is 0.103. The minimum Gasteiger partial charge on any atom is -0.478 e. The van der Waals surface area contributed by atoms with Crippen molar-refractivity contribution in [3.05, 3.63) is 47.3 Å². The number of carbonyl (C=O) groups is 2. The molecule has 0 bridgehead atoms. The van der Waals surface area contributed by atoms with E-state index in [9.17, 15) is 9.59 Å². The second-order valence-electron chi connectivity index (χ2n) is 3.74. The summed E-state index contributed by atoms with van der Waals surface area (Å²) >= 11 is 0. The lowest BCUT2D eigenvalue weighted by atomic mass is 10.2. The number of carboxylic acid groups (broad SMARTS) is 1. The molecule has 1 heterocycles. The van der Waals surface area contributed by atoms with Crippen molar-refractivity contribution in [2.45, 2.75) is 6.92 Å². The number of aryl methyl sites for hydroxylation is 1. The van der Waals surface area contributed by atoms with Crippen molar-refractivity contribution in [3.8, 4) is 11.8 Å². The van der Waals surface area contributed by atoms with Gasteiger partial charge in [-0.1, -0.05) is 0 Å². The van der Waals surface area contributed by atoms with Crippen molar-refractivity contribution < 1.29 is 19.4 Å². The van der Waals surface area contributed by atoms with Crippen LogP contribution in [0.4, 0.5) is 0 Å². The van der Waals surface area contributed by atoms with Gasteiger partial charge in [-0.25, -0.2) is 9.78 Å². The van der Waals surface area contributed by atoms with Crippen LogP contribution in [0.15, 0.2) is 30.5 Å². The summed E-state index contributed by atoms with van der Waals surface area (Å²) < 4.78 is 5.36. The maximum atomic E-state index is 10.7. The van der Waals surface area contributed by atoms with E-state index in [1.165, 1.54) is 30.5 Å². The van der Waals surface area contributed by atoms with Gasteiger partial charge < -0.3 is 9.84 Å². The van der Waals surface area contributed by atoms with Crippen LogP contribution in [0.2, 0.25) is 0 Å². The van der Waals surface area contributed by atoms with Crippen LogP contribution in [-0.2, 0) is 0 Å². The summed E-state index contributed by atoms with van der Waals surface area (Å²) in [4.78, 5) is 29.2. The Hall–Kier alpha value is -2.76. The Morgan fingerprint density at radius 1 is 1.32 bits per heavy atom. The molecule has 2 rings (SSSR count). The smallest absolute Gasteiger partial charge is 0.335 e. The zero-order valence-corrected chi connectivity index (χ0v) is 10.0. The first-order chi connectivity index (χ1) is 9.10. The highest BCUT2D eigenvalue weighted by Gasteiger charge is 2.06. The van der Waals surface area contributed by atoms with Gasteiger partial charge in [0.2, 0.25) is 0 Å². The Morgan fingerprint density at radius 2 is 2.00 bits per heavy atom. The fourth-order valence-corrected chi connectivity index (χ4v) is 1.39. The van der Waals surface area contributed by atoms with Gasteiger partial charge in [0.05, 0.1) is 16.8 Å². The standard InChI is InChI=1S/C13H10N2O4/c1-8-10(7-16)6-14-13(15-8)19-11-4-2-9(3-5-11)12(17)18/h2-7H,1H3,(H,17,18). The monoisotopic (exact) mass is 258 g/mol. The molecule has 0 aliphatic heterocycles. The van der Waals surface area contributed by atoms with Crippen molar-refractivity contribution in [2.75, 3.05) is 0 Å². The molecule has 0 aliphatic carbocycles. The van der Waals surface area contributed by atoms with Gasteiger partial charge in [0.15, 0.2) is 6.29 Å². The molecule has 0 unspecified atom stereocenters. The zero-order chi connectivity index (χ0) is 13.8. The Kier molecular flexibility index (Phi) is 3.51. The number of aromatic nitrogens is 2. The van der Waals surface area contributed by atoms with E-state index in [2.05, 4.69) is 9.97 Å². The molecule has 0 aliphatic rings. The molecule has 2 aromatic rings. The molecule has 6 nitrogen and oxygen atoms in total. The molecule has 1 aromatic heterocycles. The zero-order valence-electron chi connectivity index (χ0n) is 10.0. The second kappa shape index (κ2) is 5.26. The van der Waals surface area contributed by atoms with Gasteiger partial charge in [-0.15, -0.1) is 0 Å². The topological polar surface area (TPSA) is 89.4 Å². The number of hydrogen-bond donors (Lipinski definition) is 1. The summed E-state index contributed by atoms with van der Waals surface area (Å²) in [5.41, 5.74) is 1.08. The second-order valence-corrected chi connectivity index (χ2v) is 3.74. The van der Waals surface area contributed by atoms with Gasteiger partial charge in [-0.2, -0.15) is 4.98 Å². The first-order valence-electron chi connectivity index (χ1n) is 5.40. The predicted octanol–water partition coefficient (Wildman–Crippen LogP) is 2.09. The summed E-state index contributed by atoms with van der Waals surface area (Å²) in [7, 11) is 0. The molecule has 0 radical (unpaired) electrons. The largest absolute Gasteiger partial charge is 0.478 e. The highest BCUT2D eigenvalue weighted by atomic mass is 16.5. The lowest BCUT2D eigenvalue weighted by Crippen LogP contribution is -1.98. The lowest BCUT2D eigenvalue weighted by molar-refractivity contribution is 0.0696.